The van der Waals surface area contributed by atoms with E-state index in [2.05, 4.69) is 43.5 Å². The number of hydrogen-bond acceptors (Lipinski definition) is 2. The quantitative estimate of drug-likeness (QED) is 0.882. The number of aromatic nitrogens is 2. The standard InChI is InChI=1S/C14H21N3/c1-14(2,3)17-12-8-5-4-7-11(12)16-13(17)9-6-10-15/h4-5,7-8H,6,9-10,15H2,1-3H3. The smallest absolute Gasteiger partial charge is 0.110 e. The van der Waals surface area contributed by atoms with Gasteiger partial charge in [-0.05, 0) is 45.9 Å². The number of fused-ring (bicyclic) bond motifs is 1. The van der Waals surface area contributed by atoms with Crippen LogP contribution in [0.3, 0.4) is 0 Å². The number of rotatable bonds is 3. The molecule has 2 N–H and O–H groups in total. The Morgan fingerprint density at radius 2 is 1.94 bits per heavy atom. The van der Waals surface area contributed by atoms with Crippen LogP contribution < -0.4 is 5.73 Å². The number of para-hydroxylation sites is 2. The Balaban J connectivity index is 2.57. The highest BCUT2D eigenvalue weighted by atomic mass is 15.1. The molecule has 1 aromatic carbocycles. The molecule has 0 radical (unpaired) electrons. The van der Waals surface area contributed by atoms with Crippen molar-refractivity contribution in [3.63, 3.8) is 0 Å². The molecule has 92 valence electrons. The molecule has 0 saturated heterocycles. The Hall–Kier alpha value is -1.35. The second-order valence-corrected chi connectivity index (χ2v) is 5.42. The van der Waals surface area contributed by atoms with E-state index in [0.717, 1.165) is 24.2 Å². The van der Waals surface area contributed by atoms with Crippen LogP contribution in [0.5, 0.6) is 0 Å². The van der Waals surface area contributed by atoms with Crippen molar-refractivity contribution in [2.75, 3.05) is 6.54 Å². The first-order valence-electron chi connectivity index (χ1n) is 6.21. The summed E-state index contributed by atoms with van der Waals surface area (Å²) >= 11 is 0. The zero-order valence-corrected chi connectivity index (χ0v) is 10.9. The second-order valence-electron chi connectivity index (χ2n) is 5.42. The number of hydrogen-bond donors (Lipinski definition) is 1. The van der Waals surface area contributed by atoms with E-state index in [1.165, 1.54) is 5.52 Å². The normalized spacial score (nSPS) is 12.2. The van der Waals surface area contributed by atoms with Gasteiger partial charge in [0.1, 0.15) is 5.82 Å². The van der Waals surface area contributed by atoms with Crippen LogP contribution in [0.2, 0.25) is 0 Å². The average Bonchev–Trinajstić information content (AvgIpc) is 2.63. The molecule has 0 bridgehead atoms. The van der Waals surface area contributed by atoms with Gasteiger partial charge < -0.3 is 10.3 Å². The summed E-state index contributed by atoms with van der Waals surface area (Å²) in [6.45, 7) is 7.36. The highest BCUT2D eigenvalue weighted by Crippen LogP contribution is 2.25. The molecule has 2 aromatic rings. The molecule has 1 aromatic heterocycles. The minimum Gasteiger partial charge on any atom is -0.330 e. The molecule has 17 heavy (non-hydrogen) atoms. The minimum atomic E-state index is 0.0556. The van der Waals surface area contributed by atoms with Crippen molar-refractivity contribution >= 4 is 11.0 Å². The Labute approximate surface area is 103 Å². The van der Waals surface area contributed by atoms with Crippen LogP contribution in [-0.4, -0.2) is 16.1 Å². The van der Waals surface area contributed by atoms with Gasteiger partial charge in [-0.15, -0.1) is 0 Å². The molecule has 0 amide bonds. The summed E-state index contributed by atoms with van der Waals surface area (Å²) in [5.41, 5.74) is 7.94. The molecule has 0 aliphatic carbocycles. The van der Waals surface area contributed by atoms with Crippen LogP contribution in [-0.2, 0) is 12.0 Å². The summed E-state index contributed by atoms with van der Waals surface area (Å²) in [4.78, 5) is 4.72. The van der Waals surface area contributed by atoms with Crippen molar-refractivity contribution in [2.45, 2.75) is 39.2 Å². The lowest BCUT2D eigenvalue weighted by atomic mass is 10.1. The van der Waals surface area contributed by atoms with E-state index in [1.54, 1.807) is 0 Å². The van der Waals surface area contributed by atoms with E-state index >= 15 is 0 Å². The van der Waals surface area contributed by atoms with Gasteiger partial charge in [0.25, 0.3) is 0 Å². The molecule has 0 atom stereocenters. The molecule has 1 heterocycles. The monoisotopic (exact) mass is 231 g/mol. The zero-order chi connectivity index (χ0) is 12.5. The number of benzene rings is 1. The highest BCUT2D eigenvalue weighted by molar-refractivity contribution is 5.76. The van der Waals surface area contributed by atoms with Crippen LogP contribution >= 0.6 is 0 Å². The van der Waals surface area contributed by atoms with E-state index in [-0.39, 0.29) is 5.54 Å². The molecule has 3 nitrogen and oxygen atoms in total. The third-order valence-electron chi connectivity index (χ3n) is 2.91. The van der Waals surface area contributed by atoms with Gasteiger partial charge in [-0.3, -0.25) is 0 Å². The summed E-state index contributed by atoms with van der Waals surface area (Å²) in [6.07, 6.45) is 1.93. The van der Waals surface area contributed by atoms with E-state index in [1.807, 2.05) is 6.07 Å². The summed E-state index contributed by atoms with van der Waals surface area (Å²) in [7, 11) is 0. The summed E-state index contributed by atoms with van der Waals surface area (Å²) in [5.74, 6) is 1.14. The molecule has 3 heteroatoms. The molecular weight excluding hydrogens is 210 g/mol. The minimum absolute atomic E-state index is 0.0556. The molecular formula is C14H21N3. The molecule has 0 aliphatic rings. The molecule has 0 unspecified atom stereocenters. The lowest BCUT2D eigenvalue weighted by Gasteiger charge is -2.24. The van der Waals surface area contributed by atoms with Crippen LogP contribution in [0.15, 0.2) is 24.3 Å². The van der Waals surface area contributed by atoms with Crippen LogP contribution in [0, 0.1) is 0 Å². The van der Waals surface area contributed by atoms with E-state index < -0.39 is 0 Å². The molecule has 0 aliphatic heterocycles. The summed E-state index contributed by atoms with van der Waals surface area (Å²) in [5, 5.41) is 0. The maximum absolute atomic E-state index is 5.59. The van der Waals surface area contributed by atoms with E-state index in [4.69, 9.17) is 10.7 Å². The molecule has 0 spiro atoms. The number of imidazole rings is 1. The van der Waals surface area contributed by atoms with Crippen molar-refractivity contribution in [3.05, 3.63) is 30.1 Å². The highest BCUT2D eigenvalue weighted by Gasteiger charge is 2.20. The van der Waals surface area contributed by atoms with Gasteiger partial charge >= 0.3 is 0 Å². The topological polar surface area (TPSA) is 43.8 Å². The number of nitrogens with zero attached hydrogens (tertiary/aromatic N) is 2. The first-order valence-corrected chi connectivity index (χ1v) is 6.21. The zero-order valence-electron chi connectivity index (χ0n) is 10.9. The summed E-state index contributed by atoms with van der Waals surface area (Å²) < 4.78 is 2.33. The number of nitrogens with two attached hydrogens (primary N) is 1. The van der Waals surface area contributed by atoms with Crippen LogP contribution in [0.4, 0.5) is 0 Å². The van der Waals surface area contributed by atoms with Crippen molar-refractivity contribution in [1.82, 2.24) is 9.55 Å². The largest absolute Gasteiger partial charge is 0.330 e. The van der Waals surface area contributed by atoms with Gasteiger partial charge in [0.05, 0.1) is 11.0 Å². The van der Waals surface area contributed by atoms with Gasteiger partial charge in [0.2, 0.25) is 0 Å². The molecule has 2 rings (SSSR count). The Bertz CT molecular complexity index is 506. The summed E-state index contributed by atoms with van der Waals surface area (Å²) in [6, 6.07) is 8.32. The predicted octanol–water partition coefficient (Wildman–Crippen LogP) is 2.68. The maximum Gasteiger partial charge on any atom is 0.110 e. The maximum atomic E-state index is 5.59. The molecule has 0 saturated carbocycles. The second kappa shape index (κ2) is 4.49. The fourth-order valence-corrected chi connectivity index (χ4v) is 2.25. The van der Waals surface area contributed by atoms with Gasteiger partial charge in [-0.25, -0.2) is 4.98 Å². The lowest BCUT2D eigenvalue weighted by molar-refractivity contribution is 0.393. The first kappa shape index (κ1) is 12.1. The Morgan fingerprint density at radius 3 is 2.59 bits per heavy atom. The third-order valence-corrected chi connectivity index (χ3v) is 2.91. The Kier molecular flexibility index (Phi) is 3.20. The fraction of sp³-hybridized carbons (Fsp3) is 0.500. The van der Waals surface area contributed by atoms with Crippen molar-refractivity contribution in [1.29, 1.82) is 0 Å². The SMILES string of the molecule is CC(C)(C)n1c(CCCN)nc2ccccc21. The third kappa shape index (κ3) is 2.34. The lowest BCUT2D eigenvalue weighted by Crippen LogP contribution is -2.24. The van der Waals surface area contributed by atoms with Crippen molar-refractivity contribution < 1.29 is 0 Å². The van der Waals surface area contributed by atoms with E-state index in [0.29, 0.717) is 6.54 Å². The van der Waals surface area contributed by atoms with Gasteiger partial charge in [0.15, 0.2) is 0 Å². The van der Waals surface area contributed by atoms with Crippen molar-refractivity contribution in [3.8, 4) is 0 Å². The van der Waals surface area contributed by atoms with Crippen LogP contribution in [0.25, 0.3) is 11.0 Å². The average molecular weight is 231 g/mol. The van der Waals surface area contributed by atoms with Crippen LogP contribution in [0.1, 0.15) is 33.0 Å². The Morgan fingerprint density at radius 1 is 1.24 bits per heavy atom. The fourth-order valence-electron chi connectivity index (χ4n) is 2.25. The van der Waals surface area contributed by atoms with Gasteiger partial charge in [-0.1, -0.05) is 12.1 Å². The first-order chi connectivity index (χ1) is 8.04. The number of aryl methyl sites for hydroxylation is 1. The van der Waals surface area contributed by atoms with E-state index in [9.17, 15) is 0 Å². The van der Waals surface area contributed by atoms with Gasteiger partial charge in [-0.2, -0.15) is 0 Å². The predicted molar refractivity (Wildman–Crippen MR) is 72.1 cm³/mol. The molecule has 0 fully saturated rings. The van der Waals surface area contributed by atoms with Gasteiger partial charge in [0, 0.05) is 12.0 Å². The van der Waals surface area contributed by atoms with Crippen molar-refractivity contribution in [2.24, 2.45) is 5.73 Å².